The normalized spacial score (nSPS) is 10.4. The van der Waals surface area contributed by atoms with E-state index in [0.717, 1.165) is 18.9 Å². The van der Waals surface area contributed by atoms with Gasteiger partial charge in [0.1, 0.15) is 0 Å². The van der Waals surface area contributed by atoms with Crippen LogP contribution in [0.15, 0.2) is 6.07 Å². The summed E-state index contributed by atoms with van der Waals surface area (Å²) in [4.78, 5) is 5.84. The molecule has 17 heavy (non-hydrogen) atoms. The van der Waals surface area contributed by atoms with Crippen LogP contribution < -0.4 is 10.2 Å². The van der Waals surface area contributed by atoms with Crippen LogP contribution in [0.2, 0.25) is 0 Å². The Bertz CT molecular complexity index is 363. The zero-order valence-corrected chi connectivity index (χ0v) is 10.6. The number of nitrogens with zero attached hydrogens (tertiary/aromatic N) is 2. The van der Waals surface area contributed by atoms with Gasteiger partial charge in [0.2, 0.25) is 0 Å². The van der Waals surface area contributed by atoms with E-state index in [1.165, 1.54) is 0 Å². The van der Waals surface area contributed by atoms with Crippen LogP contribution in [-0.4, -0.2) is 25.1 Å². The first-order valence-electron chi connectivity index (χ1n) is 5.92. The van der Waals surface area contributed by atoms with E-state index < -0.39 is 11.6 Å². The second kappa shape index (κ2) is 6.37. The summed E-state index contributed by atoms with van der Waals surface area (Å²) < 4.78 is 27.0. The first-order valence-corrected chi connectivity index (χ1v) is 5.92. The van der Waals surface area contributed by atoms with Crippen molar-refractivity contribution in [3.05, 3.63) is 17.7 Å². The van der Waals surface area contributed by atoms with Crippen LogP contribution in [0.3, 0.4) is 0 Å². The number of nitrogens with one attached hydrogen (secondary N) is 1. The number of hydrogen-bond acceptors (Lipinski definition) is 3. The molecule has 0 amide bonds. The Hall–Kier alpha value is -1.39. The third-order valence-electron chi connectivity index (χ3n) is 2.43. The Morgan fingerprint density at radius 2 is 1.76 bits per heavy atom. The number of halogens is 2. The van der Waals surface area contributed by atoms with Crippen molar-refractivity contribution in [2.75, 3.05) is 30.4 Å². The molecule has 1 heterocycles. The van der Waals surface area contributed by atoms with Gasteiger partial charge in [-0.15, -0.1) is 0 Å². The highest BCUT2D eigenvalue weighted by molar-refractivity contribution is 5.49. The summed E-state index contributed by atoms with van der Waals surface area (Å²) >= 11 is 0. The molecule has 0 saturated heterocycles. The van der Waals surface area contributed by atoms with E-state index in [0.29, 0.717) is 13.1 Å². The molecule has 1 rings (SSSR count). The second-order valence-corrected chi connectivity index (χ2v) is 3.86. The molecule has 0 atom stereocenters. The predicted octanol–water partition coefficient (Wildman–Crippen LogP) is 3.03. The fourth-order valence-corrected chi connectivity index (χ4v) is 1.72. The highest BCUT2D eigenvalue weighted by Crippen LogP contribution is 2.22. The van der Waals surface area contributed by atoms with Gasteiger partial charge in [0.15, 0.2) is 23.3 Å². The van der Waals surface area contributed by atoms with Gasteiger partial charge in [0.05, 0.1) is 0 Å². The van der Waals surface area contributed by atoms with E-state index in [4.69, 9.17) is 0 Å². The van der Waals surface area contributed by atoms with Crippen molar-refractivity contribution >= 4 is 11.6 Å². The topological polar surface area (TPSA) is 28.2 Å². The van der Waals surface area contributed by atoms with Crippen LogP contribution in [0.5, 0.6) is 0 Å². The average molecular weight is 243 g/mol. The zero-order chi connectivity index (χ0) is 12.8. The Morgan fingerprint density at radius 3 is 2.24 bits per heavy atom. The molecular weight excluding hydrogens is 224 g/mol. The van der Waals surface area contributed by atoms with Gasteiger partial charge in [0, 0.05) is 26.2 Å². The summed E-state index contributed by atoms with van der Waals surface area (Å²) in [5.74, 6) is -0.969. The molecule has 0 fully saturated rings. The van der Waals surface area contributed by atoms with Gasteiger partial charge in [-0.3, -0.25) is 0 Å². The standard InChI is InChI=1S/C12H19F2N3/c1-4-6-17(7-5-2)12-10(14)8-9(13)11(15-3)16-12/h8H,4-7H2,1-3H3,(H,15,16). The van der Waals surface area contributed by atoms with Gasteiger partial charge in [-0.05, 0) is 12.8 Å². The minimum absolute atomic E-state index is 0.0820. The van der Waals surface area contributed by atoms with E-state index in [2.05, 4.69) is 10.3 Å². The van der Waals surface area contributed by atoms with Crippen LogP contribution >= 0.6 is 0 Å². The van der Waals surface area contributed by atoms with Crippen LogP contribution in [-0.2, 0) is 0 Å². The number of anilines is 2. The minimum Gasteiger partial charge on any atom is -0.371 e. The predicted molar refractivity (Wildman–Crippen MR) is 66.5 cm³/mol. The van der Waals surface area contributed by atoms with Crippen LogP contribution in [0, 0.1) is 11.6 Å². The maximum absolute atomic E-state index is 13.7. The molecule has 1 aromatic rings. The molecule has 0 aromatic carbocycles. The number of aromatic nitrogens is 1. The summed E-state index contributed by atoms with van der Waals surface area (Å²) in [7, 11) is 1.57. The van der Waals surface area contributed by atoms with Gasteiger partial charge in [-0.1, -0.05) is 13.8 Å². The van der Waals surface area contributed by atoms with Crippen molar-refractivity contribution < 1.29 is 8.78 Å². The lowest BCUT2D eigenvalue weighted by Gasteiger charge is -2.23. The van der Waals surface area contributed by atoms with Crippen molar-refractivity contribution in [2.24, 2.45) is 0 Å². The van der Waals surface area contributed by atoms with E-state index in [-0.39, 0.29) is 11.6 Å². The Balaban J connectivity index is 3.08. The molecular formula is C12H19F2N3. The first-order chi connectivity index (χ1) is 8.13. The third kappa shape index (κ3) is 3.28. The lowest BCUT2D eigenvalue weighted by molar-refractivity contribution is 0.568. The molecule has 1 N–H and O–H groups in total. The highest BCUT2D eigenvalue weighted by atomic mass is 19.1. The second-order valence-electron chi connectivity index (χ2n) is 3.86. The molecule has 0 radical (unpaired) electrons. The van der Waals surface area contributed by atoms with E-state index in [1.54, 1.807) is 7.05 Å². The summed E-state index contributed by atoms with van der Waals surface area (Å²) in [6.45, 7) is 5.46. The van der Waals surface area contributed by atoms with Gasteiger partial charge >= 0.3 is 0 Å². The molecule has 0 aliphatic rings. The summed E-state index contributed by atoms with van der Waals surface area (Å²) in [5, 5.41) is 2.62. The molecule has 0 unspecified atom stereocenters. The van der Waals surface area contributed by atoms with Gasteiger partial charge < -0.3 is 10.2 Å². The van der Waals surface area contributed by atoms with Crippen molar-refractivity contribution in [2.45, 2.75) is 26.7 Å². The van der Waals surface area contributed by atoms with Gasteiger partial charge in [-0.25, -0.2) is 13.8 Å². The lowest BCUT2D eigenvalue weighted by atomic mass is 10.3. The van der Waals surface area contributed by atoms with Crippen LogP contribution in [0.4, 0.5) is 20.4 Å². The average Bonchev–Trinajstić information content (AvgIpc) is 2.29. The minimum atomic E-state index is -0.665. The van der Waals surface area contributed by atoms with Crippen LogP contribution in [0.1, 0.15) is 26.7 Å². The molecule has 96 valence electrons. The SMILES string of the molecule is CCCN(CCC)c1nc(NC)c(F)cc1F. The molecule has 5 heteroatoms. The molecule has 3 nitrogen and oxygen atoms in total. The van der Waals surface area contributed by atoms with Gasteiger partial charge in [-0.2, -0.15) is 0 Å². The van der Waals surface area contributed by atoms with E-state index in [9.17, 15) is 8.78 Å². The van der Waals surface area contributed by atoms with Crippen molar-refractivity contribution in [3.63, 3.8) is 0 Å². The Morgan fingerprint density at radius 1 is 1.18 bits per heavy atom. The fourth-order valence-electron chi connectivity index (χ4n) is 1.72. The molecule has 0 spiro atoms. The smallest absolute Gasteiger partial charge is 0.168 e. The highest BCUT2D eigenvalue weighted by Gasteiger charge is 2.15. The lowest BCUT2D eigenvalue weighted by Crippen LogP contribution is -2.27. The van der Waals surface area contributed by atoms with Crippen molar-refractivity contribution in [1.29, 1.82) is 0 Å². The zero-order valence-electron chi connectivity index (χ0n) is 10.6. The van der Waals surface area contributed by atoms with Crippen molar-refractivity contribution in [1.82, 2.24) is 4.98 Å². The first kappa shape index (κ1) is 13.7. The number of rotatable bonds is 6. The molecule has 1 aromatic heterocycles. The molecule has 0 bridgehead atoms. The Labute approximate surface area is 101 Å². The maximum Gasteiger partial charge on any atom is 0.168 e. The maximum atomic E-state index is 13.7. The monoisotopic (exact) mass is 243 g/mol. The summed E-state index contributed by atoms with van der Waals surface area (Å²) in [5.41, 5.74) is 0. The number of hydrogen-bond donors (Lipinski definition) is 1. The molecule has 0 aliphatic heterocycles. The third-order valence-corrected chi connectivity index (χ3v) is 2.43. The van der Waals surface area contributed by atoms with Crippen LogP contribution in [0.25, 0.3) is 0 Å². The fraction of sp³-hybridized carbons (Fsp3) is 0.583. The quantitative estimate of drug-likeness (QED) is 0.832. The largest absolute Gasteiger partial charge is 0.371 e. The van der Waals surface area contributed by atoms with E-state index in [1.807, 2.05) is 18.7 Å². The summed E-state index contributed by atoms with van der Waals surface area (Å²) in [6.07, 6.45) is 1.79. The molecule has 0 aliphatic carbocycles. The summed E-state index contributed by atoms with van der Waals surface area (Å²) in [6, 6.07) is 0.881. The van der Waals surface area contributed by atoms with E-state index >= 15 is 0 Å². The number of pyridine rings is 1. The Kier molecular flexibility index (Phi) is 5.12. The van der Waals surface area contributed by atoms with Crippen molar-refractivity contribution in [3.8, 4) is 0 Å². The molecule has 0 saturated carbocycles. The van der Waals surface area contributed by atoms with Gasteiger partial charge in [0.25, 0.3) is 0 Å².